The first-order valence-corrected chi connectivity index (χ1v) is 14.3. The molecule has 6 rings (SSSR count). The van der Waals surface area contributed by atoms with Gasteiger partial charge >= 0.3 is 0 Å². The summed E-state index contributed by atoms with van der Waals surface area (Å²) in [6.07, 6.45) is 2.92. The Labute approximate surface area is 231 Å². The van der Waals surface area contributed by atoms with Crippen LogP contribution < -0.4 is 5.56 Å². The highest BCUT2D eigenvalue weighted by molar-refractivity contribution is 7.09. The first-order chi connectivity index (χ1) is 19.1. The molecule has 0 bridgehead atoms. The number of hydrogen-bond acceptors (Lipinski definition) is 7. The van der Waals surface area contributed by atoms with Crippen molar-refractivity contribution >= 4 is 22.2 Å². The van der Waals surface area contributed by atoms with Gasteiger partial charge < -0.3 is 9.72 Å². The molecule has 200 valence electrons. The summed E-state index contributed by atoms with van der Waals surface area (Å²) in [6, 6.07) is 22.3. The summed E-state index contributed by atoms with van der Waals surface area (Å²) >= 11 is 1.72. The Morgan fingerprint density at radius 3 is 2.85 bits per heavy atom. The third kappa shape index (κ3) is 5.85. The second-order valence-corrected chi connectivity index (χ2v) is 11.2. The van der Waals surface area contributed by atoms with Gasteiger partial charge in [0.05, 0.1) is 12.6 Å². The van der Waals surface area contributed by atoms with Crippen LogP contribution in [0.5, 0.6) is 0 Å². The van der Waals surface area contributed by atoms with E-state index < -0.39 is 6.04 Å². The van der Waals surface area contributed by atoms with Crippen LogP contribution in [0.15, 0.2) is 76.9 Å². The lowest BCUT2D eigenvalue weighted by Crippen LogP contribution is -2.36. The average molecular weight is 541 g/mol. The zero-order valence-electron chi connectivity index (χ0n) is 22.0. The fourth-order valence-electron chi connectivity index (χ4n) is 5.38. The number of benzene rings is 2. The number of tetrazole rings is 1. The van der Waals surface area contributed by atoms with Gasteiger partial charge in [-0.25, -0.2) is 4.68 Å². The number of thiophene rings is 1. The standard InChI is InChI=1S/C30H32N6O2S/c1-21-11-12-27-23(17-21)18-26(30(37)31-27)28(29-32-33-34-36(29)19-24-9-5-15-38-24)35(20-25-10-6-16-39-25)14-13-22-7-3-2-4-8-22/h2-4,6-8,10-12,16-18,24,28H,5,9,13-15,19-20H2,1H3,(H,31,37). The fourth-order valence-corrected chi connectivity index (χ4v) is 6.11. The Bertz CT molecular complexity index is 1570. The number of H-pyrrole nitrogens is 1. The lowest BCUT2D eigenvalue weighted by molar-refractivity contribution is 0.0906. The summed E-state index contributed by atoms with van der Waals surface area (Å²) < 4.78 is 7.75. The molecule has 39 heavy (non-hydrogen) atoms. The molecular weight excluding hydrogens is 508 g/mol. The Morgan fingerprint density at radius 2 is 2.05 bits per heavy atom. The first kappa shape index (κ1) is 25.6. The number of pyridine rings is 1. The van der Waals surface area contributed by atoms with Gasteiger partial charge in [-0.2, -0.15) is 0 Å². The summed E-state index contributed by atoms with van der Waals surface area (Å²) in [7, 11) is 0. The molecule has 0 spiro atoms. The quantitative estimate of drug-likeness (QED) is 0.271. The maximum absolute atomic E-state index is 13.7. The molecule has 2 unspecified atom stereocenters. The summed E-state index contributed by atoms with van der Waals surface area (Å²) in [6.45, 7) is 4.79. The predicted octanol–water partition coefficient (Wildman–Crippen LogP) is 4.90. The topological polar surface area (TPSA) is 88.9 Å². The van der Waals surface area contributed by atoms with Gasteiger partial charge in [0.2, 0.25) is 0 Å². The highest BCUT2D eigenvalue weighted by Gasteiger charge is 2.32. The van der Waals surface area contributed by atoms with Gasteiger partial charge in [-0.3, -0.25) is 9.69 Å². The summed E-state index contributed by atoms with van der Waals surface area (Å²) in [5.74, 6) is 0.660. The van der Waals surface area contributed by atoms with E-state index in [0.717, 1.165) is 48.9 Å². The number of aromatic amines is 1. The summed E-state index contributed by atoms with van der Waals surface area (Å²) in [4.78, 5) is 20.4. The van der Waals surface area contributed by atoms with Crippen molar-refractivity contribution in [1.29, 1.82) is 0 Å². The van der Waals surface area contributed by atoms with Crippen molar-refractivity contribution in [2.45, 2.75) is 51.4 Å². The van der Waals surface area contributed by atoms with Crippen molar-refractivity contribution in [3.05, 3.63) is 110 Å². The molecule has 0 radical (unpaired) electrons. The fraction of sp³-hybridized carbons (Fsp3) is 0.333. The Kier molecular flexibility index (Phi) is 7.62. The second kappa shape index (κ2) is 11.6. The lowest BCUT2D eigenvalue weighted by atomic mass is 10.0. The Morgan fingerprint density at radius 1 is 1.15 bits per heavy atom. The summed E-state index contributed by atoms with van der Waals surface area (Å²) in [5.41, 5.74) is 3.72. The average Bonchev–Trinajstić information content (AvgIpc) is 3.73. The van der Waals surface area contributed by atoms with Gasteiger partial charge in [0.1, 0.15) is 6.04 Å². The molecule has 5 aromatic rings. The van der Waals surface area contributed by atoms with Crippen molar-refractivity contribution in [2.24, 2.45) is 0 Å². The molecule has 1 saturated heterocycles. The second-order valence-electron chi connectivity index (χ2n) is 10.2. The molecule has 2 atom stereocenters. The van der Waals surface area contributed by atoms with Crippen molar-refractivity contribution < 1.29 is 4.74 Å². The van der Waals surface area contributed by atoms with Crippen molar-refractivity contribution in [1.82, 2.24) is 30.1 Å². The molecule has 1 aliphatic heterocycles. The van der Waals surface area contributed by atoms with Crippen LogP contribution in [0.4, 0.5) is 0 Å². The van der Waals surface area contributed by atoms with Gasteiger partial charge in [-0.15, -0.1) is 16.4 Å². The number of nitrogens with one attached hydrogen (secondary N) is 1. The van der Waals surface area contributed by atoms with E-state index in [2.05, 4.69) is 80.2 Å². The van der Waals surface area contributed by atoms with Gasteiger partial charge in [0.25, 0.3) is 5.56 Å². The number of aryl methyl sites for hydroxylation is 1. The van der Waals surface area contributed by atoms with Gasteiger partial charge in [-0.1, -0.05) is 48.0 Å². The van der Waals surface area contributed by atoms with Gasteiger partial charge in [0.15, 0.2) is 5.82 Å². The van der Waals surface area contributed by atoms with E-state index in [4.69, 9.17) is 4.74 Å². The van der Waals surface area contributed by atoms with Crippen LogP contribution in [0.1, 0.15) is 46.3 Å². The van der Waals surface area contributed by atoms with E-state index in [1.165, 1.54) is 10.4 Å². The number of aromatic nitrogens is 5. The number of ether oxygens (including phenoxy) is 1. The van der Waals surface area contributed by atoms with Crippen LogP contribution in [0, 0.1) is 6.92 Å². The molecule has 1 N–H and O–H groups in total. The molecule has 0 saturated carbocycles. The zero-order chi connectivity index (χ0) is 26.6. The molecule has 8 nitrogen and oxygen atoms in total. The van der Waals surface area contributed by atoms with E-state index in [0.29, 0.717) is 24.5 Å². The van der Waals surface area contributed by atoms with Crippen molar-refractivity contribution in [3.8, 4) is 0 Å². The van der Waals surface area contributed by atoms with E-state index in [9.17, 15) is 4.79 Å². The van der Waals surface area contributed by atoms with Crippen molar-refractivity contribution in [3.63, 3.8) is 0 Å². The first-order valence-electron chi connectivity index (χ1n) is 13.5. The minimum Gasteiger partial charge on any atom is -0.376 e. The molecule has 2 aromatic carbocycles. The summed E-state index contributed by atoms with van der Waals surface area (Å²) in [5, 5.41) is 16.1. The van der Waals surface area contributed by atoms with Crippen LogP contribution in [0.2, 0.25) is 0 Å². The maximum atomic E-state index is 13.7. The van der Waals surface area contributed by atoms with E-state index in [-0.39, 0.29) is 11.7 Å². The SMILES string of the molecule is Cc1ccc2[nH]c(=O)c(C(c3nnnn3CC3CCCO3)N(CCc3ccccc3)Cc3cccs3)cc2c1. The van der Waals surface area contributed by atoms with E-state index in [1.807, 2.05) is 28.9 Å². The number of hydrogen-bond donors (Lipinski definition) is 1. The van der Waals surface area contributed by atoms with E-state index in [1.54, 1.807) is 11.3 Å². The van der Waals surface area contributed by atoms with Crippen LogP contribution >= 0.6 is 11.3 Å². The highest BCUT2D eigenvalue weighted by Crippen LogP contribution is 2.30. The van der Waals surface area contributed by atoms with Crippen molar-refractivity contribution in [2.75, 3.05) is 13.2 Å². The number of rotatable bonds is 10. The third-order valence-corrected chi connectivity index (χ3v) is 8.22. The minimum absolute atomic E-state index is 0.0699. The van der Waals surface area contributed by atoms with Crippen LogP contribution in [-0.2, 0) is 24.2 Å². The van der Waals surface area contributed by atoms with E-state index >= 15 is 0 Å². The lowest BCUT2D eigenvalue weighted by Gasteiger charge is -2.31. The van der Waals surface area contributed by atoms with Crippen LogP contribution in [0.3, 0.4) is 0 Å². The Balaban J connectivity index is 1.46. The normalized spacial score (nSPS) is 16.3. The number of fused-ring (bicyclic) bond motifs is 1. The molecule has 0 aliphatic carbocycles. The molecular formula is C30H32N6O2S. The van der Waals surface area contributed by atoms with Gasteiger partial charge in [-0.05, 0) is 77.2 Å². The van der Waals surface area contributed by atoms with Crippen LogP contribution in [0.25, 0.3) is 10.9 Å². The molecule has 3 aromatic heterocycles. The highest BCUT2D eigenvalue weighted by atomic mass is 32.1. The van der Waals surface area contributed by atoms with Crippen LogP contribution in [-0.4, -0.2) is 49.3 Å². The molecule has 0 amide bonds. The molecule has 1 fully saturated rings. The molecule has 1 aliphatic rings. The minimum atomic E-state index is -0.444. The monoisotopic (exact) mass is 540 g/mol. The molecule has 4 heterocycles. The maximum Gasteiger partial charge on any atom is 0.253 e. The predicted molar refractivity (Wildman–Crippen MR) is 153 cm³/mol. The Hall–Kier alpha value is -3.66. The number of nitrogens with zero attached hydrogens (tertiary/aromatic N) is 5. The smallest absolute Gasteiger partial charge is 0.253 e. The zero-order valence-corrected chi connectivity index (χ0v) is 22.8. The third-order valence-electron chi connectivity index (χ3n) is 7.36. The largest absolute Gasteiger partial charge is 0.376 e. The van der Waals surface area contributed by atoms with Gasteiger partial charge in [0, 0.05) is 35.7 Å². The molecule has 9 heteroatoms.